The number of benzene rings is 1. The predicted octanol–water partition coefficient (Wildman–Crippen LogP) is 3.42. The fraction of sp³-hybridized carbons (Fsp3) is 0.391. The summed E-state index contributed by atoms with van der Waals surface area (Å²) in [5, 5.41) is 10.4. The molecule has 0 unspecified atom stereocenters. The van der Waals surface area contributed by atoms with Crippen LogP contribution in [0.15, 0.2) is 48.8 Å². The van der Waals surface area contributed by atoms with Crippen molar-refractivity contribution in [3.8, 4) is 5.88 Å². The minimum absolute atomic E-state index is 0.0267. The SMILES string of the molecule is C=C1[C@H](CC)[C@@H](O)C[C@@H]1n1cnc2c(OCc3ccccc3)nc(CC(C)=O)nc21. The molecule has 4 rings (SSSR count). The number of imidazole rings is 1. The number of carbonyl (C=O) groups is 1. The number of nitrogens with zero attached hydrogens (tertiary/aromatic N) is 4. The molecule has 1 aliphatic carbocycles. The van der Waals surface area contributed by atoms with E-state index < -0.39 is 6.10 Å². The molecule has 1 aliphatic rings. The highest BCUT2D eigenvalue weighted by molar-refractivity contribution is 5.80. The molecule has 7 heteroatoms. The third-order valence-corrected chi connectivity index (χ3v) is 5.67. The summed E-state index contributed by atoms with van der Waals surface area (Å²) >= 11 is 0. The van der Waals surface area contributed by atoms with E-state index in [2.05, 4.69) is 28.5 Å². The Morgan fingerprint density at radius 3 is 2.73 bits per heavy atom. The molecule has 30 heavy (non-hydrogen) atoms. The maximum Gasteiger partial charge on any atom is 0.246 e. The molecule has 0 aliphatic heterocycles. The zero-order chi connectivity index (χ0) is 21.3. The fourth-order valence-electron chi connectivity index (χ4n) is 4.16. The highest BCUT2D eigenvalue weighted by Crippen LogP contribution is 2.42. The van der Waals surface area contributed by atoms with E-state index in [1.807, 2.05) is 34.9 Å². The summed E-state index contributed by atoms with van der Waals surface area (Å²) < 4.78 is 7.91. The van der Waals surface area contributed by atoms with Crippen molar-refractivity contribution in [1.29, 1.82) is 0 Å². The van der Waals surface area contributed by atoms with Gasteiger partial charge in [-0.3, -0.25) is 4.79 Å². The number of fused-ring (bicyclic) bond motifs is 1. The van der Waals surface area contributed by atoms with Crippen molar-refractivity contribution in [2.24, 2.45) is 5.92 Å². The van der Waals surface area contributed by atoms with Gasteiger partial charge in [0.1, 0.15) is 18.2 Å². The first-order chi connectivity index (χ1) is 14.5. The lowest BCUT2D eigenvalue weighted by atomic mass is 9.98. The number of Topliss-reactive ketones (excluding diaryl/α,β-unsaturated/α-hetero) is 1. The number of ether oxygens (including phenoxy) is 1. The highest BCUT2D eigenvalue weighted by atomic mass is 16.5. The van der Waals surface area contributed by atoms with Gasteiger partial charge in [0.05, 0.1) is 24.9 Å². The summed E-state index contributed by atoms with van der Waals surface area (Å²) in [5.41, 5.74) is 3.12. The number of aliphatic hydroxyl groups excluding tert-OH is 1. The van der Waals surface area contributed by atoms with Gasteiger partial charge in [0.25, 0.3) is 0 Å². The smallest absolute Gasteiger partial charge is 0.246 e. The second kappa shape index (κ2) is 8.36. The molecule has 3 atom stereocenters. The Hall–Kier alpha value is -3.06. The fourth-order valence-corrected chi connectivity index (χ4v) is 4.16. The Morgan fingerprint density at radius 1 is 1.30 bits per heavy atom. The molecule has 1 N–H and O–H groups in total. The molecule has 0 bridgehead atoms. The summed E-state index contributed by atoms with van der Waals surface area (Å²) in [7, 11) is 0. The maximum absolute atomic E-state index is 11.7. The summed E-state index contributed by atoms with van der Waals surface area (Å²) in [6, 6.07) is 9.70. The van der Waals surface area contributed by atoms with E-state index in [1.54, 1.807) is 6.33 Å². The monoisotopic (exact) mass is 406 g/mol. The van der Waals surface area contributed by atoms with Gasteiger partial charge in [-0.2, -0.15) is 4.98 Å². The van der Waals surface area contributed by atoms with Gasteiger partial charge in [0.2, 0.25) is 5.88 Å². The lowest BCUT2D eigenvalue weighted by Gasteiger charge is -2.16. The van der Waals surface area contributed by atoms with Gasteiger partial charge in [-0.05, 0) is 30.9 Å². The molecule has 7 nitrogen and oxygen atoms in total. The summed E-state index contributed by atoms with van der Waals surface area (Å²) in [6.45, 7) is 8.13. The number of rotatable bonds is 7. The van der Waals surface area contributed by atoms with Gasteiger partial charge in [0.15, 0.2) is 11.2 Å². The Labute approximate surface area is 175 Å². The standard InChI is InChI=1S/C23H26N4O3/c1-4-17-15(3)18(11-19(17)29)27-13-24-21-22(27)25-20(10-14(2)28)26-23(21)30-12-16-8-6-5-7-9-16/h5-9,13,17-19,29H,3-4,10-12H2,1-2H3/t17-,18-,19-/m0/s1. The van der Waals surface area contributed by atoms with Crippen LogP contribution in [-0.2, 0) is 17.8 Å². The third kappa shape index (κ3) is 3.85. The topological polar surface area (TPSA) is 90.1 Å². The lowest BCUT2D eigenvalue weighted by Crippen LogP contribution is -2.12. The van der Waals surface area contributed by atoms with E-state index in [0.29, 0.717) is 35.9 Å². The van der Waals surface area contributed by atoms with Crippen LogP contribution in [0.4, 0.5) is 0 Å². The first-order valence-corrected chi connectivity index (χ1v) is 10.2. The molecule has 1 saturated carbocycles. The van der Waals surface area contributed by atoms with Gasteiger partial charge >= 0.3 is 0 Å². The summed E-state index contributed by atoms with van der Waals surface area (Å²) in [5.74, 6) is 0.784. The molecule has 2 heterocycles. The van der Waals surface area contributed by atoms with Crippen molar-refractivity contribution in [1.82, 2.24) is 19.5 Å². The quantitative estimate of drug-likeness (QED) is 0.605. The molecule has 0 saturated heterocycles. The van der Waals surface area contributed by atoms with E-state index in [9.17, 15) is 9.90 Å². The number of hydrogen-bond donors (Lipinski definition) is 1. The number of aliphatic hydroxyl groups is 1. The summed E-state index contributed by atoms with van der Waals surface area (Å²) in [4.78, 5) is 25.3. The van der Waals surface area contributed by atoms with Crippen LogP contribution in [0, 0.1) is 5.92 Å². The largest absolute Gasteiger partial charge is 0.471 e. The zero-order valence-electron chi connectivity index (χ0n) is 17.3. The molecule has 0 radical (unpaired) electrons. The van der Waals surface area contributed by atoms with Crippen LogP contribution in [0.3, 0.4) is 0 Å². The van der Waals surface area contributed by atoms with Crippen molar-refractivity contribution in [3.63, 3.8) is 0 Å². The van der Waals surface area contributed by atoms with Crippen molar-refractivity contribution < 1.29 is 14.6 Å². The van der Waals surface area contributed by atoms with Gasteiger partial charge < -0.3 is 14.4 Å². The average molecular weight is 406 g/mol. The minimum Gasteiger partial charge on any atom is -0.471 e. The number of carbonyl (C=O) groups excluding carboxylic acids is 1. The van der Waals surface area contributed by atoms with Gasteiger partial charge in [0, 0.05) is 5.92 Å². The average Bonchev–Trinajstić information content (AvgIpc) is 3.26. The van der Waals surface area contributed by atoms with Crippen LogP contribution >= 0.6 is 0 Å². The molecule has 156 valence electrons. The van der Waals surface area contributed by atoms with Crippen LogP contribution in [0.25, 0.3) is 11.2 Å². The van der Waals surface area contributed by atoms with Crippen molar-refractivity contribution in [2.75, 3.05) is 0 Å². The van der Waals surface area contributed by atoms with E-state index in [1.165, 1.54) is 6.92 Å². The van der Waals surface area contributed by atoms with E-state index in [0.717, 1.165) is 17.6 Å². The van der Waals surface area contributed by atoms with Gasteiger partial charge in [-0.15, -0.1) is 0 Å². The van der Waals surface area contributed by atoms with Crippen LogP contribution in [0.5, 0.6) is 5.88 Å². The van der Waals surface area contributed by atoms with Gasteiger partial charge in [-0.25, -0.2) is 9.97 Å². The molecular formula is C23H26N4O3. The van der Waals surface area contributed by atoms with Crippen molar-refractivity contribution in [2.45, 2.75) is 51.9 Å². The lowest BCUT2D eigenvalue weighted by molar-refractivity contribution is -0.116. The Kier molecular flexibility index (Phi) is 5.63. The predicted molar refractivity (Wildman–Crippen MR) is 113 cm³/mol. The maximum atomic E-state index is 11.7. The van der Waals surface area contributed by atoms with E-state index in [-0.39, 0.29) is 24.2 Å². The molecule has 0 amide bonds. The highest BCUT2D eigenvalue weighted by Gasteiger charge is 2.37. The second-order valence-corrected chi connectivity index (χ2v) is 7.83. The first kappa shape index (κ1) is 20.2. The number of hydrogen-bond acceptors (Lipinski definition) is 6. The van der Waals surface area contributed by atoms with E-state index >= 15 is 0 Å². The second-order valence-electron chi connectivity index (χ2n) is 7.83. The van der Waals surface area contributed by atoms with Crippen LogP contribution in [0.2, 0.25) is 0 Å². The molecule has 3 aromatic rings. The van der Waals surface area contributed by atoms with Crippen molar-refractivity contribution in [3.05, 3.63) is 60.2 Å². The number of aromatic nitrogens is 4. The summed E-state index contributed by atoms with van der Waals surface area (Å²) in [6.07, 6.45) is 2.78. The van der Waals surface area contributed by atoms with Gasteiger partial charge in [-0.1, -0.05) is 43.8 Å². The molecule has 1 aromatic carbocycles. The normalized spacial score (nSPS) is 21.3. The molecular weight excluding hydrogens is 380 g/mol. The Bertz CT molecular complexity index is 1080. The third-order valence-electron chi connectivity index (χ3n) is 5.67. The zero-order valence-corrected chi connectivity index (χ0v) is 17.3. The molecule has 2 aromatic heterocycles. The minimum atomic E-state index is -0.433. The van der Waals surface area contributed by atoms with E-state index in [4.69, 9.17) is 4.74 Å². The first-order valence-electron chi connectivity index (χ1n) is 10.2. The van der Waals surface area contributed by atoms with Crippen LogP contribution in [-0.4, -0.2) is 36.5 Å². The van der Waals surface area contributed by atoms with Crippen LogP contribution in [0.1, 0.15) is 44.1 Å². The Morgan fingerprint density at radius 2 is 2.07 bits per heavy atom. The van der Waals surface area contributed by atoms with Crippen molar-refractivity contribution >= 4 is 16.9 Å². The van der Waals surface area contributed by atoms with Crippen LogP contribution < -0.4 is 4.74 Å². The Balaban J connectivity index is 1.73. The molecule has 0 spiro atoms. The molecule has 1 fully saturated rings. The number of ketones is 1.